The predicted octanol–water partition coefficient (Wildman–Crippen LogP) is 1.91. The fraction of sp³-hybridized carbons (Fsp3) is 1.00. The van der Waals surface area contributed by atoms with E-state index in [1.807, 2.05) is 0 Å². The molecular weight excluding hydrogens is 266 g/mol. The second-order valence-corrected chi connectivity index (χ2v) is 7.60. The van der Waals surface area contributed by atoms with Gasteiger partial charge in [0.05, 0.1) is 24.9 Å². The average Bonchev–Trinajstić information content (AvgIpc) is 2.99. The lowest BCUT2D eigenvalue weighted by atomic mass is 9.90. The van der Waals surface area contributed by atoms with Crippen LogP contribution < -0.4 is 0 Å². The molecule has 2 bridgehead atoms. The molecule has 0 amide bonds. The summed E-state index contributed by atoms with van der Waals surface area (Å²) in [6.07, 6.45) is 5.79. The number of hydrogen-bond donors (Lipinski definition) is 1. The highest BCUT2D eigenvalue weighted by molar-refractivity contribution is 4.89. The first kappa shape index (κ1) is 15.7. The van der Waals surface area contributed by atoms with Crippen molar-refractivity contribution in [3.05, 3.63) is 0 Å². The highest BCUT2D eigenvalue weighted by Crippen LogP contribution is 2.48. The van der Waals surface area contributed by atoms with Crippen LogP contribution in [0.4, 0.5) is 0 Å². The Morgan fingerprint density at radius 3 is 2.57 bits per heavy atom. The van der Waals surface area contributed by atoms with Crippen molar-refractivity contribution in [3.63, 3.8) is 0 Å². The van der Waals surface area contributed by atoms with Gasteiger partial charge in [0, 0.05) is 26.2 Å². The minimum absolute atomic E-state index is 0.260. The molecule has 1 heterocycles. The molecule has 6 atom stereocenters. The van der Waals surface area contributed by atoms with Gasteiger partial charge in [0.1, 0.15) is 0 Å². The van der Waals surface area contributed by atoms with Crippen molar-refractivity contribution in [1.29, 1.82) is 0 Å². The van der Waals surface area contributed by atoms with Crippen LogP contribution in [0.15, 0.2) is 0 Å². The maximum absolute atomic E-state index is 10.2. The van der Waals surface area contributed by atoms with Crippen molar-refractivity contribution >= 4 is 0 Å². The Kier molecular flexibility index (Phi) is 5.20. The zero-order valence-electron chi connectivity index (χ0n) is 13.5. The molecule has 4 nitrogen and oxygen atoms in total. The largest absolute Gasteiger partial charge is 0.389 e. The second kappa shape index (κ2) is 6.95. The molecule has 0 aromatic rings. The lowest BCUT2D eigenvalue weighted by Crippen LogP contribution is -2.48. The van der Waals surface area contributed by atoms with Gasteiger partial charge in [-0.2, -0.15) is 0 Å². The summed E-state index contributed by atoms with van der Waals surface area (Å²) < 4.78 is 11.5. The fourth-order valence-electron chi connectivity index (χ4n) is 4.72. The summed E-state index contributed by atoms with van der Waals surface area (Å²) in [6.45, 7) is 8.06. The summed E-state index contributed by atoms with van der Waals surface area (Å²) in [7, 11) is 0. The van der Waals surface area contributed by atoms with Crippen molar-refractivity contribution in [3.8, 4) is 0 Å². The monoisotopic (exact) mass is 297 g/mol. The Labute approximate surface area is 128 Å². The van der Waals surface area contributed by atoms with Gasteiger partial charge in [0.2, 0.25) is 0 Å². The number of aliphatic hydroxyl groups excluding tert-OH is 1. The number of rotatable bonds is 6. The molecule has 0 spiro atoms. The summed E-state index contributed by atoms with van der Waals surface area (Å²) in [5.74, 6) is 2.65. The molecule has 3 aliphatic rings. The number of morpholine rings is 1. The van der Waals surface area contributed by atoms with Crippen molar-refractivity contribution in [1.82, 2.24) is 4.90 Å². The molecule has 0 aromatic carbocycles. The van der Waals surface area contributed by atoms with Crippen LogP contribution in [0.5, 0.6) is 0 Å². The van der Waals surface area contributed by atoms with Gasteiger partial charge in [-0.1, -0.05) is 6.42 Å². The van der Waals surface area contributed by atoms with Crippen LogP contribution in [0.25, 0.3) is 0 Å². The topological polar surface area (TPSA) is 41.9 Å². The fourth-order valence-corrected chi connectivity index (χ4v) is 4.72. The van der Waals surface area contributed by atoms with E-state index in [9.17, 15) is 5.11 Å². The highest BCUT2D eigenvalue weighted by atomic mass is 16.5. The SMILES string of the molecule is C[C@@H]1CN(C[C@H](O)COC[C@@H]2C[C@H]3CC[C@H]2C3)C[C@@H](C)O1. The Morgan fingerprint density at radius 2 is 1.95 bits per heavy atom. The third kappa shape index (κ3) is 4.19. The molecule has 4 heteroatoms. The van der Waals surface area contributed by atoms with Gasteiger partial charge in [-0.05, 0) is 50.9 Å². The molecule has 1 saturated heterocycles. The van der Waals surface area contributed by atoms with Crippen LogP contribution in [0.3, 0.4) is 0 Å². The number of β-amino-alcohol motifs (C(OH)–C–C–N with tert-alkyl or cyclic N) is 1. The van der Waals surface area contributed by atoms with E-state index >= 15 is 0 Å². The quantitative estimate of drug-likeness (QED) is 0.813. The molecule has 3 fully saturated rings. The predicted molar refractivity (Wildman–Crippen MR) is 82.2 cm³/mol. The summed E-state index contributed by atoms with van der Waals surface area (Å²) in [5, 5.41) is 10.2. The first-order chi connectivity index (χ1) is 10.1. The van der Waals surface area contributed by atoms with Gasteiger partial charge in [-0.3, -0.25) is 4.90 Å². The van der Waals surface area contributed by atoms with Gasteiger partial charge in [0.15, 0.2) is 0 Å². The number of ether oxygens (including phenoxy) is 2. The molecule has 0 unspecified atom stereocenters. The smallest absolute Gasteiger partial charge is 0.0900 e. The van der Waals surface area contributed by atoms with Gasteiger partial charge in [-0.25, -0.2) is 0 Å². The van der Waals surface area contributed by atoms with Crippen LogP contribution in [0.2, 0.25) is 0 Å². The van der Waals surface area contributed by atoms with Gasteiger partial charge in [0.25, 0.3) is 0 Å². The molecule has 0 radical (unpaired) electrons. The summed E-state index contributed by atoms with van der Waals surface area (Å²) in [5.41, 5.74) is 0. The van der Waals surface area contributed by atoms with Crippen LogP contribution in [0.1, 0.15) is 39.5 Å². The van der Waals surface area contributed by atoms with Gasteiger partial charge < -0.3 is 14.6 Å². The minimum atomic E-state index is -0.374. The lowest BCUT2D eigenvalue weighted by Gasteiger charge is -2.36. The second-order valence-electron chi connectivity index (χ2n) is 7.60. The Morgan fingerprint density at radius 1 is 1.19 bits per heavy atom. The van der Waals surface area contributed by atoms with Crippen LogP contribution in [-0.2, 0) is 9.47 Å². The van der Waals surface area contributed by atoms with Crippen LogP contribution in [-0.4, -0.2) is 61.2 Å². The Balaban J connectivity index is 1.32. The molecule has 21 heavy (non-hydrogen) atoms. The van der Waals surface area contributed by atoms with E-state index in [-0.39, 0.29) is 18.3 Å². The average molecular weight is 297 g/mol. The minimum Gasteiger partial charge on any atom is -0.389 e. The Hall–Kier alpha value is -0.160. The zero-order chi connectivity index (χ0) is 14.8. The van der Waals surface area contributed by atoms with E-state index in [0.717, 1.165) is 37.5 Å². The van der Waals surface area contributed by atoms with Crippen LogP contribution in [0, 0.1) is 17.8 Å². The van der Waals surface area contributed by atoms with Crippen molar-refractivity contribution in [2.75, 3.05) is 32.8 Å². The lowest BCUT2D eigenvalue weighted by molar-refractivity contribution is -0.0832. The zero-order valence-corrected chi connectivity index (χ0v) is 13.5. The maximum atomic E-state index is 10.2. The normalized spacial score (nSPS) is 41.6. The molecule has 2 aliphatic carbocycles. The first-order valence-electron chi connectivity index (χ1n) is 8.73. The van der Waals surface area contributed by atoms with E-state index in [2.05, 4.69) is 18.7 Å². The molecule has 0 aromatic heterocycles. The summed E-state index contributed by atoms with van der Waals surface area (Å²) in [6, 6.07) is 0. The van der Waals surface area contributed by atoms with Crippen molar-refractivity contribution in [2.45, 2.75) is 57.8 Å². The highest BCUT2D eigenvalue weighted by Gasteiger charge is 2.39. The number of hydrogen-bond acceptors (Lipinski definition) is 4. The first-order valence-corrected chi connectivity index (χ1v) is 8.73. The molecule has 122 valence electrons. The number of fused-ring (bicyclic) bond motifs is 2. The molecule has 1 N–H and O–H groups in total. The van der Waals surface area contributed by atoms with Gasteiger partial charge in [-0.15, -0.1) is 0 Å². The van der Waals surface area contributed by atoms with Crippen LogP contribution >= 0.6 is 0 Å². The molecule has 3 rings (SSSR count). The third-order valence-corrected chi connectivity index (χ3v) is 5.49. The third-order valence-electron chi connectivity index (χ3n) is 5.49. The maximum Gasteiger partial charge on any atom is 0.0900 e. The number of nitrogens with zero attached hydrogens (tertiary/aromatic N) is 1. The van der Waals surface area contributed by atoms with E-state index < -0.39 is 0 Å². The van der Waals surface area contributed by atoms with E-state index in [1.165, 1.54) is 25.7 Å². The van der Waals surface area contributed by atoms with E-state index in [4.69, 9.17) is 9.47 Å². The van der Waals surface area contributed by atoms with E-state index in [0.29, 0.717) is 13.2 Å². The summed E-state index contributed by atoms with van der Waals surface area (Å²) >= 11 is 0. The number of aliphatic hydroxyl groups is 1. The van der Waals surface area contributed by atoms with Crippen molar-refractivity contribution < 1.29 is 14.6 Å². The molecule has 1 aliphatic heterocycles. The van der Waals surface area contributed by atoms with Crippen molar-refractivity contribution in [2.24, 2.45) is 17.8 Å². The Bertz CT molecular complexity index is 328. The summed E-state index contributed by atoms with van der Waals surface area (Å²) in [4.78, 5) is 2.30. The molecule has 2 saturated carbocycles. The van der Waals surface area contributed by atoms with Gasteiger partial charge >= 0.3 is 0 Å². The standard InChI is InChI=1S/C17H31NO3/c1-12-7-18(8-13(2)21-12)9-17(19)11-20-10-16-6-14-3-4-15(16)5-14/h12-17,19H,3-11H2,1-2H3/t12-,13-,14+,15+,16+,17+/m1/s1. The van der Waals surface area contributed by atoms with E-state index in [1.54, 1.807) is 0 Å². The molecular formula is C17H31NO3.